The van der Waals surface area contributed by atoms with Crippen LogP contribution in [0.4, 0.5) is 17.1 Å². The monoisotopic (exact) mass is 317 g/mol. The zero-order valence-corrected chi connectivity index (χ0v) is 12.1. The number of nitrogens with one attached hydrogen (secondary N) is 2. The van der Waals surface area contributed by atoms with Crippen molar-refractivity contribution in [2.75, 3.05) is 17.4 Å². The average Bonchev–Trinajstić information content (AvgIpc) is 2.95. The first-order chi connectivity index (χ1) is 10.6. The highest BCUT2D eigenvalue weighted by atomic mass is 32.1. The predicted molar refractivity (Wildman–Crippen MR) is 85.5 cm³/mol. The summed E-state index contributed by atoms with van der Waals surface area (Å²) < 4.78 is 10.5. The van der Waals surface area contributed by atoms with Crippen molar-refractivity contribution in [3.8, 4) is 11.5 Å². The maximum Gasteiger partial charge on any atom is 0.269 e. The smallest absolute Gasteiger partial charge is 0.269 e. The van der Waals surface area contributed by atoms with Crippen LogP contribution in [-0.2, 0) is 0 Å². The number of thiocarbonyl (C=S) groups is 1. The second-order valence-corrected chi connectivity index (χ2v) is 4.86. The molecule has 0 aromatic heterocycles. The summed E-state index contributed by atoms with van der Waals surface area (Å²) in [5.41, 5.74) is 1.44. The van der Waals surface area contributed by atoms with E-state index < -0.39 is 4.92 Å². The normalized spacial score (nSPS) is 11.8. The molecule has 2 aromatic rings. The number of fused-ring (bicyclic) bond motifs is 1. The molecule has 1 aliphatic rings. The summed E-state index contributed by atoms with van der Waals surface area (Å²) in [5.74, 6) is 1.35. The van der Waals surface area contributed by atoms with Gasteiger partial charge in [0.2, 0.25) is 6.79 Å². The van der Waals surface area contributed by atoms with E-state index >= 15 is 0 Å². The van der Waals surface area contributed by atoms with Crippen molar-refractivity contribution in [3.63, 3.8) is 0 Å². The molecule has 0 bridgehead atoms. The van der Waals surface area contributed by atoms with Gasteiger partial charge >= 0.3 is 0 Å². The Morgan fingerprint density at radius 1 is 1.05 bits per heavy atom. The van der Waals surface area contributed by atoms with Crippen molar-refractivity contribution in [1.82, 2.24) is 0 Å². The molecule has 0 aliphatic carbocycles. The number of non-ortho nitro benzene ring substituents is 1. The molecular formula is C14H11N3O4S. The van der Waals surface area contributed by atoms with E-state index in [9.17, 15) is 10.1 Å². The lowest BCUT2D eigenvalue weighted by atomic mass is 10.3. The Bertz CT molecular complexity index is 733. The number of benzene rings is 2. The maximum absolute atomic E-state index is 10.6. The summed E-state index contributed by atoms with van der Waals surface area (Å²) in [4.78, 5) is 10.1. The van der Waals surface area contributed by atoms with Gasteiger partial charge in [-0.05, 0) is 36.5 Å². The van der Waals surface area contributed by atoms with Gasteiger partial charge < -0.3 is 20.1 Å². The van der Waals surface area contributed by atoms with E-state index in [-0.39, 0.29) is 12.5 Å². The van der Waals surface area contributed by atoms with Gasteiger partial charge in [0.1, 0.15) is 0 Å². The molecule has 8 heteroatoms. The molecule has 0 amide bonds. The highest BCUT2D eigenvalue weighted by Crippen LogP contribution is 2.34. The van der Waals surface area contributed by atoms with E-state index in [1.165, 1.54) is 12.1 Å². The summed E-state index contributed by atoms with van der Waals surface area (Å²) in [6.07, 6.45) is 0. The van der Waals surface area contributed by atoms with Crippen molar-refractivity contribution < 1.29 is 14.4 Å². The van der Waals surface area contributed by atoms with Crippen LogP contribution in [0.1, 0.15) is 0 Å². The zero-order valence-electron chi connectivity index (χ0n) is 11.2. The molecule has 22 heavy (non-hydrogen) atoms. The Kier molecular flexibility index (Phi) is 3.75. The molecule has 1 aliphatic heterocycles. The van der Waals surface area contributed by atoms with Crippen LogP contribution in [0.15, 0.2) is 42.5 Å². The molecule has 2 N–H and O–H groups in total. The minimum atomic E-state index is -0.451. The number of hydrogen-bond donors (Lipinski definition) is 2. The number of nitrogens with zero attached hydrogens (tertiary/aromatic N) is 1. The van der Waals surface area contributed by atoms with Gasteiger partial charge in [-0.25, -0.2) is 0 Å². The fourth-order valence-electron chi connectivity index (χ4n) is 1.93. The van der Waals surface area contributed by atoms with Crippen LogP contribution in [0.2, 0.25) is 0 Å². The highest BCUT2D eigenvalue weighted by Gasteiger charge is 2.13. The summed E-state index contributed by atoms with van der Waals surface area (Å²) in [5, 5.41) is 16.9. The van der Waals surface area contributed by atoms with Crippen LogP contribution in [0, 0.1) is 10.1 Å². The van der Waals surface area contributed by atoms with Gasteiger partial charge in [-0.3, -0.25) is 10.1 Å². The maximum atomic E-state index is 10.6. The second-order valence-electron chi connectivity index (χ2n) is 4.45. The second kappa shape index (κ2) is 5.86. The molecular weight excluding hydrogens is 306 g/mol. The minimum Gasteiger partial charge on any atom is -0.454 e. The SMILES string of the molecule is O=[N+]([O-])c1ccc(NC(=S)Nc2ccc3c(c2)OCO3)cc1. The van der Waals surface area contributed by atoms with Crippen LogP contribution >= 0.6 is 12.2 Å². The fraction of sp³-hybridized carbons (Fsp3) is 0.0714. The first kappa shape index (κ1) is 14.1. The molecule has 0 atom stereocenters. The van der Waals surface area contributed by atoms with E-state index in [0.717, 1.165) is 5.69 Å². The van der Waals surface area contributed by atoms with Gasteiger partial charge in [-0.1, -0.05) is 0 Å². The quantitative estimate of drug-likeness (QED) is 0.511. The number of nitro groups is 1. The lowest BCUT2D eigenvalue weighted by Crippen LogP contribution is -2.18. The van der Waals surface area contributed by atoms with Crippen LogP contribution in [0.3, 0.4) is 0 Å². The van der Waals surface area contributed by atoms with Gasteiger partial charge in [-0.2, -0.15) is 0 Å². The van der Waals surface area contributed by atoms with E-state index in [0.29, 0.717) is 22.3 Å². The number of rotatable bonds is 3. The molecule has 0 unspecified atom stereocenters. The van der Waals surface area contributed by atoms with E-state index in [1.807, 2.05) is 6.07 Å². The molecule has 0 saturated carbocycles. The molecule has 3 rings (SSSR count). The molecule has 112 valence electrons. The van der Waals surface area contributed by atoms with Crippen molar-refractivity contribution in [1.29, 1.82) is 0 Å². The van der Waals surface area contributed by atoms with Crippen LogP contribution in [0.5, 0.6) is 11.5 Å². The molecule has 1 heterocycles. The molecule has 0 saturated heterocycles. The largest absolute Gasteiger partial charge is 0.454 e. The molecule has 7 nitrogen and oxygen atoms in total. The predicted octanol–water partition coefficient (Wildman–Crippen LogP) is 3.13. The third-order valence-corrected chi connectivity index (χ3v) is 3.17. The van der Waals surface area contributed by atoms with Gasteiger partial charge in [0, 0.05) is 29.6 Å². The average molecular weight is 317 g/mol. The summed E-state index contributed by atoms with van der Waals surface area (Å²) in [6, 6.07) is 11.4. The van der Waals surface area contributed by atoms with Crippen LogP contribution < -0.4 is 20.1 Å². The van der Waals surface area contributed by atoms with Crippen molar-refractivity contribution >= 4 is 34.4 Å². The van der Waals surface area contributed by atoms with E-state index in [2.05, 4.69) is 10.6 Å². The fourth-order valence-corrected chi connectivity index (χ4v) is 2.17. The lowest BCUT2D eigenvalue weighted by Gasteiger charge is -2.10. The van der Waals surface area contributed by atoms with Crippen molar-refractivity contribution in [2.45, 2.75) is 0 Å². The van der Waals surface area contributed by atoms with Gasteiger partial charge in [-0.15, -0.1) is 0 Å². The summed E-state index contributed by atoms with van der Waals surface area (Å²) in [6.45, 7) is 0.213. The number of ether oxygens (including phenoxy) is 2. The van der Waals surface area contributed by atoms with E-state index in [1.54, 1.807) is 24.3 Å². The van der Waals surface area contributed by atoms with Crippen LogP contribution in [0.25, 0.3) is 0 Å². The lowest BCUT2D eigenvalue weighted by molar-refractivity contribution is -0.384. The Morgan fingerprint density at radius 3 is 2.41 bits per heavy atom. The van der Waals surface area contributed by atoms with Crippen molar-refractivity contribution in [2.24, 2.45) is 0 Å². The third-order valence-electron chi connectivity index (χ3n) is 2.97. The van der Waals surface area contributed by atoms with Crippen LogP contribution in [-0.4, -0.2) is 16.8 Å². The Morgan fingerprint density at radius 2 is 1.68 bits per heavy atom. The topological polar surface area (TPSA) is 85.7 Å². The molecule has 0 spiro atoms. The Labute approximate surface area is 131 Å². The summed E-state index contributed by atoms with van der Waals surface area (Å²) >= 11 is 5.20. The molecule has 0 radical (unpaired) electrons. The Hall–Kier alpha value is -2.87. The molecule has 2 aromatic carbocycles. The number of hydrogen-bond acceptors (Lipinski definition) is 5. The van der Waals surface area contributed by atoms with E-state index in [4.69, 9.17) is 21.7 Å². The minimum absolute atomic E-state index is 0.0280. The number of nitro benzene ring substituents is 1. The summed E-state index contributed by atoms with van der Waals surface area (Å²) in [7, 11) is 0. The van der Waals surface area contributed by atoms with Gasteiger partial charge in [0.05, 0.1) is 4.92 Å². The first-order valence-corrected chi connectivity index (χ1v) is 6.75. The standard InChI is InChI=1S/C14H11N3O4S/c18-17(19)11-4-1-9(2-5-11)15-14(22)16-10-3-6-12-13(7-10)21-8-20-12/h1-7H,8H2,(H2,15,16,22). The third kappa shape index (κ3) is 3.07. The van der Waals surface area contributed by atoms with Gasteiger partial charge in [0.25, 0.3) is 5.69 Å². The molecule has 0 fully saturated rings. The highest BCUT2D eigenvalue weighted by molar-refractivity contribution is 7.80. The first-order valence-electron chi connectivity index (χ1n) is 6.34. The number of anilines is 2. The van der Waals surface area contributed by atoms with Gasteiger partial charge in [0.15, 0.2) is 16.6 Å². The Balaban J connectivity index is 1.63. The van der Waals surface area contributed by atoms with Crippen molar-refractivity contribution in [3.05, 3.63) is 52.6 Å². The zero-order chi connectivity index (χ0) is 15.5.